The molecule has 1 heterocycles. The lowest BCUT2D eigenvalue weighted by Crippen LogP contribution is -2.52. The van der Waals surface area contributed by atoms with Gasteiger partial charge in [-0.05, 0) is 30.3 Å². The van der Waals surface area contributed by atoms with E-state index in [1.165, 1.54) is 31.3 Å². The van der Waals surface area contributed by atoms with Crippen LogP contribution in [0.2, 0.25) is 0 Å². The Morgan fingerprint density at radius 3 is 2.66 bits per heavy atom. The number of hydrogen-bond acceptors (Lipinski definition) is 5. The molecule has 1 atom stereocenters. The number of carbonyl (C=O) groups is 2. The van der Waals surface area contributed by atoms with Gasteiger partial charge in [-0.25, -0.2) is 4.79 Å². The first kappa shape index (κ1) is 26.3. The highest BCUT2D eigenvalue weighted by molar-refractivity contribution is 5.94. The average Bonchev–Trinajstić information content (AvgIpc) is 2.86. The standard InChI is InChI=1S/C24H28F3N3O5/c1-33-11-9-29(22(31)17-5-3-6-18(13-17)24(25,26)27)15-21-16-30(10-12-35-21)23(32)28-19-7-4-8-20(14-19)34-2/h3-8,13-14,21H,9-12,15-16H2,1-2H3,(H,28,32). The second kappa shape index (κ2) is 11.9. The van der Waals surface area contributed by atoms with Crippen molar-refractivity contribution in [3.8, 4) is 5.75 Å². The summed E-state index contributed by atoms with van der Waals surface area (Å²) < 4.78 is 55.3. The number of nitrogens with zero attached hydrogens (tertiary/aromatic N) is 2. The molecule has 1 aliphatic rings. The zero-order valence-corrected chi connectivity index (χ0v) is 19.5. The Morgan fingerprint density at radius 2 is 1.94 bits per heavy atom. The van der Waals surface area contributed by atoms with Crippen LogP contribution in [0.4, 0.5) is 23.7 Å². The molecule has 1 unspecified atom stereocenters. The first-order valence-electron chi connectivity index (χ1n) is 11.0. The third-order valence-electron chi connectivity index (χ3n) is 5.46. The Hall–Kier alpha value is -3.31. The summed E-state index contributed by atoms with van der Waals surface area (Å²) in [6.07, 6.45) is -5.08. The molecule has 8 nitrogen and oxygen atoms in total. The summed E-state index contributed by atoms with van der Waals surface area (Å²) in [4.78, 5) is 28.8. The van der Waals surface area contributed by atoms with Gasteiger partial charge >= 0.3 is 12.2 Å². The molecule has 0 bridgehead atoms. The molecule has 0 aromatic heterocycles. The van der Waals surface area contributed by atoms with Crippen molar-refractivity contribution in [2.45, 2.75) is 12.3 Å². The van der Waals surface area contributed by atoms with Crippen molar-refractivity contribution in [1.82, 2.24) is 9.80 Å². The number of halogens is 3. The van der Waals surface area contributed by atoms with E-state index in [-0.39, 0.29) is 44.4 Å². The quantitative estimate of drug-likeness (QED) is 0.604. The second-order valence-corrected chi connectivity index (χ2v) is 7.92. The van der Waals surface area contributed by atoms with Gasteiger partial charge in [-0.3, -0.25) is 4.79 Å². The Bertz CT molecular complexity index is 1020. The largest absolute Gasteiger partial charge is 0.497 e. The highest BCUT2D eigenvalue weighted by Crippen LogP contribution is 2.30. The third-order valence-corrected chi connectivity index (χ3v) is 5.46. The number of methoxy groups -OCH3 is 2. The zero-order chi connectivity index (χ0) is 25.4. The van der Waals surface area contributed by atoms with E-state index in [2.05, 4.69) is 5.32 Å². The smallest absolute Gasteiger partial charge is 0.416 e. The number of morpholine rings is 1. The number of urea groups is 1. The number of benzene rings is 2. The van der Waals surface area contributed by atoms with Gasteiger partial charge in [0.15, 0.2) is 0 Å². The lowest BCUT2D eigenvalue weighted by molar-refractivity contribution is -0.137. The number of rotatable bonds is 8. The van der Waals surface area contributed by atoms with Crippen molar-refractivity contribution in [3.63, 3.8) is 0 Å². The van der Waals surface area contributed by atoms with Crippen LogP contribution in [0.5, 0.6) is 5.75 Å². The normalized spacial score (nSPS) is 16.0. The van der Waals surface area contributed by atoms with Crippen LogP contribution in [-0.2, 0) is 15.7 Å². The van der Waals surface area contributed by atoms with E-state index >= 15 is 0 Å². The summed E-state index contributed by atoms with van der Waals surface area (Å²) >= 11 is 0. The van der Waals surface area contributed by atoms with Gasteiger partial charge in [-0.2, -0.15) is 13.2 Å². The second-order valence-electron chi connectivity index (χ2n) is 7.92. The van der Waals surface area contributed by atoms with Crippen molar-refractivity contribution in [1.29, 1.82) is 0 Å². The maximum atomic E-state index is 13.1. The minimum Gasteiger partial charge on any atom is -0.497 e. The van der Waals surface area contributed by atoms with Gasteiger partial charge in [0.1, 0.15) is 5.75 Å². The molecule has 35 heavy (non-hydrogen) atoms. The van der Waals surface area contributed by atoms with Crippen LogP contribution in [-0.4, -0.2) is 81.5 Å². The van der Waals surface area contributed by atoms with Gasteiger partial charge < -0.3 is 29.3 Å². The molecule has 1 saturated heterocycles. The Labute approximate surface area is 201 Å². The molecule has 0 aliphatic carbocycles. The molecular weight excluding hydrogens is 467 g/mol. The van der Waals surface area contributed by atoms with Gasteiger partial charge in [-0.15, -0.1) is 0 Å². The molecule has 0 spiro atoms. The van der Waals surface area contributed by atoms with E-state index in [1.807, 2.05) is 0 Å². The first-order chi connectivity index (χ1) is 16.7. The summed E-state index contributed by atoms with van der Waals surface area (Å²) in [6, 6.07) is 10.9. The fourth-order valence-corrected chi connectivity index (χ4v) is 3.65. The van der Waals surface area contributed by atoms with Gasteiger partial charge in [0.25, 0.3) is 5.91 Å². The predicted octanol–water partition coefficient (Wildman–Crippen LogP) is 3.74. The van der Waals surface area contributed by atoms with Crippen LogP contribution < -0.4 is 10.1 Å². The highest BCUT2D eigenvalue weighted by Gasteiger charge is 2.32. The van der Waals surface area contributed by atoms with E-state index in [0.29, 0.717) is 18.0 Å². The molecule has 11 heteroatoms. The van der Waals surface area contributed by atoms with Crippen LogP contribution in [0, 0.1) is 0 Å². The molecule has 0 radical (unpaired) electrons. The number of ether oxygens (including phenoxy) is 3. The van der Waals surface area contributed by atoms with Gasteiger partial charge in [-0.1, -0.05) is 12.1 Å². The lowest BCUT2D eigenvalue weighted by atomic mass is 10.1. The van der Waals surface area contributed by atoms with Crippen LogP contribution >= 0.6 is 0 Å². The number of hydrogen-bond donors (Lipinski definition) is 1. The van der Waals surface area contributed by atoms with Gasteiger partial charge in [0.2, 0.25) is 0 Å². The van der Waals surface area contributed by atoms with Crippen LogP contribution in [0.15, 0.2) is 48.5 Å². The molecule has 0 saturated carbocycles. The fraction of sp³-hybridized carbons (Fsp3) is 0.417. The zero-order valence-electron chi connectivity index (χ0n) is 19.5. The maximum Gasteiger partial charge on any atom is 0.416 e. The Balaban J connectivity index is 1.67. The molecule has 2 aromatic carbocycles. The van der Waals surface area contributed by atoms with Crippen molar-refractivity contribution in [2.75, 3.05) is 58.9 Å². The molecule has 2 aromatic rings. The van der Waals surface area contributed by atoms with Gasteiger partial charge in [0.05, 0.1) is 38.5 Å². The predicted molar refractivity (Wildman–Crippen MR) is 123 cm³/mol. The molecule has 1 aliphatic heterocycles. The topological polar surface area (TPSA) is 80.3 Å². The minimum absolute atomic E-state index is 0.0839. The highest BCUT2D eigenvalue weighted by atomic mass is 19.4. The molecule has 3 amide bonds. The van der Waals surface area contributed by atoms with Crippen molar-refractivity contribution < 1.29 is 37.0 Å². The minimum atomic E-state index is -4.56. The number of amides is 3. The fourth-order valence-electron chi connectivity index (χ4n) is 3.65. The third kappa shape index (κ3) is 7.33. The molecule has 190 valence electrons. The Morgan fingerprint density at radius 1 is 1.17 bits per heavy atom. The summed E-state index contributed by atoms with van der Waals surface area (Å²) in [5.41, 5.74) is -0.414. The summed E-state index contributed by atoms with van der Waals surface area (Å²) in [5.74, 6) is 0.0271. The first-order valence-corrected chi connectivity index (χ1v) is 11.0. The van der Waals surface area contributed by atoms with E-state index in [0.717, 1.165) is 12.1 Å². The van der Waals surface area contributed by atoms with E-state index in [9.17, 15) is 22.8 Å². The van der Waals surface area contributed by atoms with E-state index in [1.54, 1.807) is 29.2 Å². The average molecular weight is 495 g/mol. The van der Waals surface area contributed by atoms with Crippen LogP contribution in [0.1, 0.15) is 15.9 Å². The number of carbonyl (C=O) groups excluding carboxylic acids is 2. The van der Waals surface area contributed by atoms with Crippen LogP contribution in [0.25, 0.3) is 0 Å². The van der Waals surface area contributed by atoms with Crippen molar-refractivity contribution >= 4 is 17.6 Å². The number of nitrogens with one attached hydrogen (secondary N) is 1. The Kier molecular flexibility index (Phi) is 8.94. The summed E-state index contributed by atoms with van der Waals surface area (Å²) in [5, 5.41) is 2.81. The SMILES string of the molecule is COCCN(CC1CN(C(=O)Nc2cccc(OC)c2)CCO1)C(=O)c1cccc(C(F)(F)F)c1. The molecule has 1 N–H and O–H groups in total. The summed E-state index contributed by atoms with van der Waals surface area (Å²) in [6.45, 7) is 1.24. The van der Waals surface area contributed by atoms with Crippen molar-refractivity contribution in [2.24, 2.45) is 0 Å². The molecule has 3 rings (SSSR count). The van der Waals surface area contributed by atoms with E-state index in [4.69, 9.17) is 14.2 Å². The number of anilines is 1. The van der Waals surface area contributed by atoms with Gasteiger partial charge in [0, 0.05) is 44.1 Å². The van der Waals surface area contributed by atoms with E-state index < -0.39 is 23.8 Å². The lowest BCUT2D eigenvalue weighted by Gasteiger charge is -2.35. The van der Waals surface area contributed by atoms with Crippen molar-refractivity contribution in [3.05, 3.63) is 59.7 Å². The van der Waals surface area contributed by atoms with Crippen LogP contribution in [0.3, 0.4) is 0 Å². The molecular formula is C24H28F3N3O5. The monoisotopic (exact) mass is 495 g/mol. The maximum absolute atomic E-state index is 13.1. The molecule has 1 fully saturated rings. The summed E-state index contributed by atoms with van der Waals surface area (Å²) in [7, 11) is 3.00. The number of alkyl halides is 3.